The summed E-state index contributed by atoms with van der Waals surface area (Å²) >= 11 is 0. The van der Waals surface area contributed by atoms with Gasteiger partial charge in [0.1, 0.15) is 23.5 Å². The van der Waals surface area contributed by atoms with Crippen LogP contribution >= 0.6 is 0 Å². The fraction of sp³-hybridized carbons (Fsp3) is 0.545. The van der Waals surface area contributed by atoms with Crippen LogP contribution in [0.1, 0.15) is 26.6 Å². The Bertz CT molecular complexity index is 395. The summed E-state index contributed by atoms with van der Waals surface area (Å²) in [5.74, 6) is 1.25. The standard InChI is InChI=1S/C11H18N4O2/c1-4-9-14-8(12)6-10(15-9)13-7(3)11(16)17-5-2/h6-7H,4-5H2,1-3H3,(H3,12,13,14,15). The number of carbonyl (C=O) groups excluding carboxylic acids is 1. The van der Waals surface area contributed by atoms with E-state index in [1.165, 1.54) is 0 Å². The van der Waals surface area contributed by atoms with Crippen molar-refractivity contribution in [3.63, 3.8) is 0 Å². The van der Waals surface area contributed by atoms with Gasteiger partial charge in [-0.2, -0.15) is 0 Å². The number of nitrogens with one attached hydrogen (secondary N) is 1. The molecule has 0 saturated carbocycles. The maximum atomic E-state index is 11.4. The molecule has 0 aliphatic rings. The van der Waals surface area contributed by atoms with Crippen LogP contribution in [0.4, 0.5) is 11.6 Å². The number of hydrogen-bond acceptors (Lipinski definition) is 6. The summed E-state index contributed by atoms with van der Waals surface area (Å²) in [7, 11) is 0. The highest BCUT2D eigenvalue weighted by molar-refractivity contribution is 5.78. The Morgan fingerprint density at radius 2 is 2.24 bits per heavy atom. The van der Waals surface area contributed by atoms with E-state index >= 15 is 0 Å². The molecule has 0 amide bonds. The lowest BCUT2D eigenvalue weighted by molar-refractivity contribution is -0.143. The normalized spacial score (nSPS) is 11.9. The zero-order valence-electron chi connectivity index (χ0n) is 10.4. The first-order chi connectivity index (χ1) is 8.06. The average Bonchev–Trinajstić information content (AvgIpc) is 2.28. The van der Waals surface area contributed by atoms with Crippen molar-refractivity contribution in [2.24, 2.45) is 0 Å². The number of aromatic nitrogens is 2. The molecule has 17 heavy (non-hydrogen) atoms. The molecule has 0 radical (unpaired) electrons. The lowest BCUT2D eigenvalue weighted by Crippen LogP contribution is -2.28. The van der Waals surface area contributed by atoms with Crippen LogP contribution in [0.3, 0.4) is 0 Å². The van der Waals surface area contributed by atoms with Gasteiger partial charge in [0.2, 0.25) is 0 Å². The Kier molecular flexibility index (Phi) is 4.68. The van der Waals surface area contributed by atoms with Crippen LogP contribution in [0.25, 0.3) is 0 Å². The molecule has 0 aromatic carbocycles. The molecule has 1 unspecified atom stereocenters. The van der Waals surface area contributed by atoms with E-state index < -0.39 is 6.04 Å². The van der Waals surface area contributed by atoms with Gasteiger partial charge in [-0.15, -0.1) is 0 Å². The smallest absolute Gasteiger partial charge is 0.328 e. The number of anilines is 2. The molecule has 1 heterocycles. The molecule has 0 spiro atoms. The van der Waals surface area contributed by atoms with Gasteiger partial charge in [-0.3, -0.25) is 0 Å². The van der Waals surface area contributed by atoms with Crippen LogP contribution in [0.2, 0.25) is 0 Å². The SMILES string of the molecule is CCOC(=O)C(C)Nc1cc(N)nc(CC)n1. The van der Waals surface area contributed by atoms with E-state index in [9.17, 15) is 4.79 Å². The van der Waals surface area contributed by atoms with Crippen molar-refractivity contribution >= 4 is 17.6 Å². The van der Waals surface area contributed by atoms with Gasteiger partial charge in [-0.1, -0.05) is 6.92 Å². The number of hydrogen-bond donors (Lipinski definition) is 2. The highest BCUT2D eigenvalue weighted by Crippen LogP contribution is 2.10. The first kappa shape index (κ1) is 13.2. The predicted molar refractivity (Wildman–Crippen MR) is 65.5 cm³/mol. The van der Waals surface area contributed by atoms with Gasteiger partial charge < -0.3 is 15.8 Å². The highest BCUT2D eigenvalue weighted by Gasteiger charge is 2.14. The molecule has 1 aromatic heterocycles. The van der Waals surface area contributed by atoms with Crippen molar-refractivity contribution in [3.8, 4) is 0 Å². The third-order valence-corrected chi connectivity index (χ3v) is 2.11. The number of nitrogen functional groups attached to an aromatic ring is 1. The number of carbonyl (C=O) groups is 1. The molecule has 0 aliphatic carbocycles. The van der Waals surface area contributed by atoms with Crippen LogP contribution in [-0.4, -0.2) is 28.6 Å². The molecule has 0 saturated heterocycles. The van der Waals surface area contributed by atoms with E-state index in [0.29, 0.717) is 30.5 Å². The summed E-state index contributed by atoms with van der Waals surface area (Å²) in [5.41, 5.74) is 5.64. The van der Waals surface area contributed by atoms with Crippen LogP contribution in [0, 0.1) is 0 Å². The van der Waals surface area contributed by atoms with E-state index in [2.05, 4.69) is 15.3 Å². The highest BCUT2D eigenvalue weighted by atomic mass is 16.5. The minimum absolute atomic E-state index is 0.317. The number of nitrogens with two attached hydrogens (primary N) is 1. The van der Waals surface area contributed by atoms with E-state index in [4.69, 9.17) is 10.5 Å². The van der Waals surface area contributed by atoms with Gasteiger partial charge >= 0.3 is 5.97 Å². The zero-order chi connectivity index (χ0) is 12.8. The molecule has 6 heteroatoms. The molecule has 6 nitrogen and oxygen atoms in total. The van der Waals surface area contributed by atoms with Gasteiger partial charge in [-0.05, 0) is 13.8 Å². The van der Waals surface area contributed by atoms with Crippen molar-refractivity contribution in [1.29, 1.82) is 0 Å². The summed E-state index contributed by atoms with van der Waals surface area (Å²) in [5, 5.41) is 2.94. The van der Waals surface area contributed by atoms with Gasteiger partial charge in [-0.25, -0.2) is 14.8 Å². The number of esters is 1. The summed E-state index contributed by atoms with van der Waals surface area (Å²) in [6.07, 6.45) is 0.688. The van der Waals surface area contributed by atoms with Crippen LogP contribution in [0.5, 0.6) is 0 Å². The summed E-state index contributed by atoms with van der Waals surface area (Å²) < 4.78 is 4.89. The van der Waals surface area contributed by atoms with Crippen molar-refractivity contribution in [1.82, 2.24) is 9.97 Å². The molecule has 94 valence electrons. The summed E-state index contributed by atoms with van der Waals surface area (Å²) in [6.45, 7) is 5.77. The fourth-order valence-electron chi connectivity index (χ4n) is 1.30. The van der Waals surface area contributed by atoms with Crippen molar-refractivity contribution < 1.29 is 9.53 Å². The van der Waals surface area contributed by atoms with Gasteiger partial charge in [0, 0.05) is 12.5 Å². The molecular formula is C11H18N4O2. The van der Waals surface area contributed by atoms with Crippen molar-refractivity contribution in [2.75, 3.05) is 17.7 Å². The molecule has 1 rings (SSSR count). The molecule has 0 fully saturated rings. The molecular weight excluding hydrogens is 220 g/mol. The summed E-state index contributed by atoms with van der Waals surface area (Å²) in [6, 6.07) is 1.13. The predicted octanol–water partition coefficient (Wildman–Crippen LogP) is 0.985. The van der Waals surface area contributed by atoms with Gasteiger partial charge in [0.05, 0.1) is 6.61 Å². The molecule has 0 bridgehead atoms. The number of rotatable bonds is 5. The minimum atomic E-state index is -0.464. The first-order valence-corrected chi connectivity index (χ1v) is 5.63. The molecule has 1 aromatic rings. The fourth-order valence-corrected chi connectivity index (χ4v) is 1.30. The van der Waals surface area contributed by atoms with Crippen LogP contribution in [-0.2, 0) is 16.0 Å². The Balaban J connectivity index is 2.73. The van der Waals surface area contributed by atoms with E-state index in [-0.39, 0.29) is 5.97 Å². The third kappa shape index (κ3) is 3.90. The van der Waals surface area contributed by atoms with E-state index in [1.54, 1.807) is 19.9 Å². The van der Waals surface area contributed by atoms with Gasteiger partial charge in [0.25, 0.3) is 0 Å². The molecule has 0 aliphatic heterocycles. The second kappa shape index (κ2) is 6.03. The third-order valence-electron chi connectivity index (χ3n) is 2.11. The quantitative estimate of drug-likeness (QED) is 0.743. The number of aryl methyl sites for hydroxylation is 1. The first-order valence-electron chi connectivity index (χ1n) is 5.63. The summed E-state index contributed by atoms with van der Waals surface area (Å²) in [4.78, 5) is 19.7. The minimum Gasteiger partial charge on any atom is -0.464 e. The Hall–Kier alpha value is -1.85. The van der Waals surface area contributed by atoms with Crippen LogP contribution < -0.4 is 11.1 Å². The maximum Gasteiger partial charge on any atom is 0.328 e. The lowest BCUT2D eigenvalue weighted by Gasteiger charge is -2.13. The van der Waals surface area contributed by atoms with Crippen LogP contribution in [0.15, 0.2) is 6.07 Å². The number of ether oxygens (including phenoxy) is 1. The Labute approximate surface area is 101 Å². The lowest BCUT2D eigenvalue weighted by atomic mass is 10.3. The average molecular weight is 238 g/mol. The Morgan fingerprint density at radius 1 is 1.53 bits per heavy atom. The van der Waals surface area contributed by atoms with E-state index in [0.717, 1.165) is 0 Å². The van der Waals surface area contributed by atoms with E-state index in [1.807, 2.05) is 6.92 Å². The zero-order valence-corrected chi connectivity index (χ0v) is 10.4. The second-order valence-electron chi connectivity index (χ2n) is 3.57. The topological polar surface area (TPSA) is 90.1 Å². The largest absolute Gasteiger partial charge is 0.464 e. The molecule has 1 atom stereocenters. The number of nitrogens with zero attached hydrogens (tertiary/aromatic N) is 2. The molecule has 3 N–H and O–H groups in total. The second-order valence-corrected chi connectivity index (χ2v) is 3.57. The van der Waals surface area contributed by atoms with Gasteiger partial charge in [0.15, 0.2) is 0 Å². The maximum absolute atomic E-state index is 11.4. The Morgan fingerprint density at radius 3 is 2.82 bits per heavy atom. The van der Waals surface area contributed by atoms with Crippen molar-refractivity contribution in [3.05, 3.63) is 11.9 Å². The van der Waals surface area contributed by atoms with Crippen molar-refractivity contribution in [2.45, 2.75) is 33.2 Å². The monoisotopic (exact) mass is 238 g/mol.